The lowest BCUT2D eigenvalue weighted by Crippen LogP contribution is -2.26. The van der Waals surface area contributed by atoms with Crippen molar-refractivity contribution in [2.75, 3.05) is 20.8 Å². The van der Waals surface area contributed by atoms with Crippen LogP contribution in [0.4, 0.5) is 0 Å². The summed E-state index contributed by atoms with van der Waals surface area (Å²) in [7, 11) is 3.47. The predicted molar refractivity (Wildman–Crippen MR) is 90.6 cm³/mol. The maximum Gasteiger partial charge on any atom is 0.222 e. The molecule has 1 amide bonds. The van der Waals surface area contributed by atoms with Crippen molar-refractivity contribution in [3.05, 3.63) is 60.2 Å². The van der Waals surface area contributed by atoms with Crippen molar-refractivity contribution in [1.29, 1.82) is 0 Å². The van der Waals surface area contributed by atoms with Crippen LogP contribution in [0.15, 0.2) is 54.6 Å². The van der Waals surface area contributed by atoms with Gasteiger partial charge >= 0.3 is 0 Å². The van der Waals surface area contributed by atoms with E-state index in [-0.39, 0.29) is 5.91 Å². The summed E-state index contributed by atoms with van der Waals surface area (Å²) in [4.78, 5) is 13.8. The van der Waals surface area contributed by atoms with Gasteiger partial charge in [-0.25, -0.2) is 0 Å². The lowest BCUT2D eigenvalue weighted by molar-refractivity contribution is -0.130. The van der Waals surface area contributed by atoms with Crippen molar-refractivity contribution in [2.24, 2.45) is 0 Å². The quantitative estimate of drug-likeness (QED) is 0.700. The summed E-state index contributed by atoms with van der Waals surface area (Å²) in [5.74, 6) is 1.72. The smallest absolute Gasteiger partial charge is 0.222 e. The maximum atomic E-state index is 12.1. The van der Waals surface area contributed by atoms with Gasteiger partial charge in [-0.2, -0.15) is 0 Å². The SMILES string of the molecule is COc1ccc(OCCCC(=O)N(C)Cc2ccccc2)cc1. The Balaban J connectivity index is 1.67. The van der Waals surface area contributed by atoms with Crippen LogP contribution in [-0.4, -0.2) is 31.6 Å². The Morgan fingerprint density at radius 3 is 2.30 bits per heavy atom. The lowest BCUT2D eigenvalue weighted by Gasteiger charge is -2.17. The number of amides is 1. The summed E-state index contributed by atoms with van der Waals surface area (Å²) < 4.78 is 10.7. The lowest BCUT2D eigenvalue weighted by atomic mass is 10.2. The zero-order chi connectivity index (χ0) is 16.5. The van der Waals surface area contributed by atoms with Crippen LogP contribution >= 0.6 is 0 Å². The minimum atomic E-state index is 0.132. The first-order valence-electron chi connectivity index (χ1n) is 7.74. The number of hydrogen-bond donors (Lipinski definition) is 0. The van der Waals surface area contributed by atoms with Gasteiger partial charge in [0.2, 0.25) is 5.91 Å². The Bertz CT molecular complexity index is 596. The molecule has 0 aliphatic carbocycles. The molecule has 0 radical (unpaired) electrons. The molecule has 0 heterocycles. The highest BCUT2D eigenvalue weighted by Gasteiger charge is 2.08. The fourth-order valence-electron chi connectivity index (χ4n) is 2.22. The molecule has 0 spiro atoms. The van der Waals surface area contributed by atoms with Gasteiger partial charge in [-0.1, -0.05) is 30.3 Å². The molecule has 0 aromatic heterocycles. The number of carbonyl (C=O) groups is 1. The third-order valence-electron chi connectivity index (χ3n) is 3.55. The fourth-order valence-corrected chi connectivity index (χ4v) is 2.22. The van der Waals surface area contributed by atoms with E-state index in [4.69, 9.17) is 9.47 Å². The molecule has 0 aliphatic rings. The molecule has 2 rings (SSSR count). The van der Waals surface area contributed by atoms with E-state index in [1.54, 1.807) is 12.0 Å². The molecule has 4 heteroatoms. The molecular weight excluding hydrogens is 290 g/mol. The van der Waals surface area contributed by atoms with Crippen LogP contribution in [0.3, 0.4) is 0 Å². The summed E-state index contributed by atoms with van der Waals surface area (Å²) in [6.45, 7) is 1.16. The highest BCUT2D eigenvalue weighted by molar-refractivity contribution is 5.75. The van der Waals surface area contributed by atoms with E-state index in [1.165, 1.54) is 0 Å². The average Bonchev–Trinajstić information content (AvgIpc) is 2.60. The average molecular weight is 313 g/mol. The number of rotatable bonds is 8. The molecule has 122 valence electrons. The van der Waals surface area contributed by atoms with Gasteiger partial charge in [0.05, 0.1) is 13.7 Å². The summed E-state index contributed by atoms with van der Waals surface area (Å²) >= 11 is 0. The first-order valence-corrected chi connectivity index (χ1v) is 7.74. The number of nitrogens with zero attached hydrogens (tertiary/aromatic N) is 1. The first-order chi connectivity index (χ1) is 11.2. The van der Waals surface area contributed by atoms with Gasteiger partial charge in [-0.3, -0.25) is 4.79 Å². The molecule has 0 saturated carbocycles. The summed E-state index contributed by atoms with van der Waals surface area (Å²) in [5.41, 5.74) is 1.14. The van der Waals surface area contributed by atoms with Gasteiger partial charge in [0, 0.05) is 20.0 Å². The van der Waals surface area contributed by atoms with Crippen LogP contribution < -0.4 is 9.47 Å². The summed E-state index contributed by atoms with van der Waals surface area (Å²) in [6.07, 6.45) is 1.18. The van der Waals surface area contributed by atoms with Gasteiger partial charge in [-0.05, 0) is 36.2 Å². The Kier molecular flexibility index (Phi) is 6.48. The molecular formula is C19H23NO3. The number of ether oxygens (including phenoxy) is 2. The topological polar surface area (TPSA) is 38.8 Å². The zero-order valence-corrected chi connectivity index (χ0v) is 13.7. The number of benzene rings is 2. The van der Waals surface area contributed by atoms with E-state index in [0.29, 0.717) is 26.0 Å². The van der Waals surface area contributed by atoms with Crippen molar-refractivity contribution < 1.29 is 14.3 Å². The van der Waals surface area contributed by atoms with E-state index < -0.39 is 0 Å². The van der Waals surface area contributed by atoms with Crippen LogP contribution in [0.2, 0.25) is 0 Å². The van der Waals surface area contributed by atoms with Crippen molar-refractivity contribution in [3.8, 4) is 11.5 Å². The van der Waals surface area contributed by atoms with Gasteiger partial charge in [0.25, 0.3) is 0 Å². The highest BCUT2D eigenvalue weighted by Crippen LogP contribution is 2.17. The standard InChI is InChI=1S/C19H23NO3/c1-20(15-16-7-4-3-5-8-16)19(21)9-6-14-23-18-12-10-17(22-2)11-13-18/h3-5,7-8,10-13H,6,9,14-15H2,1-2H3. The molecule has 0 atom stereocenters. The third-order valence-corrected chi connectivity index (χ3v) is 3.55. The van der Waals surface area contributed by atoms with Gasteiger partial charge in [0.15, 0.2) is 0 Å². The minimum absolute atomic E-state index is 0.132. The predicted octanol–water partition coefficient (Wildman–Crippen LogP) is 3.51. The minimum Gasteiger partial charge on any atom is -0.497 e. The van der Waals surface area contributed by atoms with Crippen LogP contribution in [0.1, 0.15) is 18.4 Å². The molecule has 2 aromatic rings. The van der Waals surface area contributed by atoms with Crippen LogP contribution in [0.25, 0.3) is 0 Å². The highest BCUT2D eigenvalue weighted by atomic mass is 16.5. The monoisotopic (exact) mass is 313 g/mol. The van der Waals surface area contributed by atoms with Crippen molar-refractivity contribution in [3.63, 3.8) is 0 Å². The van der Waals surface area contributed by atoms with E-state index in [1.807, 2.05) is 61.6 Å². The van der Waals surface area contributed by atoms with E-state index in [0.717, 1.165) is 17.1 Å². The van der Waals surface area contributed by atoms with E-state index in [2.05, 4.69) is 0 Å². The van der Waals surface area contributed by atoms with Gasteiger partial charge in [0.1, 0.15) is 11.5 Å². The van der Waals surface area contributed by atoms with Crippen molar-refractivity contribution in [1.82, 2.24) is 4.90 Å². The summed E-state index contributed by atoms with van der Waals surface area (Å²) in [5, 5.41) is 0. The van der Waals surface area contributed by atoms with Crippen molar-refractivity contribution in [2.45, 2.75) is 19.4 Å². The Hall–Kier alpha value is -2.49. The van der Waals surface area contributed by atoms with Crippen LogP contribution in [0, 0.1) is 0 Å². The van der Waals surface area contributed by atoms with E-state index >= 15 is 0 Å². The van der Waals surface area contributed by atoms with Crippen LogP contribution in [0.5, 0.6) is 11.5 Å². The normalized spacial score (nSPS) is 10.2. The van der Waals surface area contributed by atoms with E-state index in [9.17, 15) is 4.79 Å². The number of methoxy groups -OCH3 is 1. The third kappa shape index (κ3) is 5.66. The molecule has 2 aromatic carbocycles. The molecule has 0 saturated heterocycles. The Morgan fingerprint density at radius 2 is 1.65 bits per heavy atom. The molecule has 0 N–H and O–H groups in total. The maximum absolute atomic E-state index is 12.1. The molecule has 0 unspecified atom stereocenters. The number of carbonyl (C=O) groups excluding carboxylic acids is 1. The second-order valence-corrected chi connectivity index (χ2v) is 5.36. The van der Waals surface area contributed by atoms with Crippen molar-refractivity contribution >= 4 is 5.91 Å². The van der Waals surface area contributed by atoms with Gasteiger partial charge < -0.3 is 14.4 Å². The molecule has 23 heavy (non-hydrogen) atoms. The molecule has 0 fully saturated rings. The molecule has 0 bridgehead atoms. The second-order valence-electron chi connectivity index (χ2n) is 5.36. The molecule has 0 aliphatic heterocycles. The summed E-state index contributed by atoms with van der Waals surface area (Å²) in [6, 6.07) is 17.4. The zero-order valence-electron chi connectivity index (χ0n) is 13.7. The Labute approximate surface area is 137 Å². The number of hydrogen-bond acceptors (Lipinski definition) is 3. The molecule has 4 nitrogen and oxygen atoms in total. The first kappa shape index (κ1) is 16.9. The fraction of sp³-hybridized carbons (Fsp3) is 0.316. The Morgan fingerprint density at radius 1 is 1.00 bits per heavy atom. The largest absolute Gasteiger partial charge is 0.497 e. The van der Waals surface area contributed by atoms with Gasteiger partial charge in [-0.15, -0.1) is 0 Å². The van der Waals surface area contributed by atoms with Crippen LogP contribution in [-0.2, 0) is 11.3 Å². The second kappa shape index (κ2) is 8.83.